The number of carbonyl (C=O) groups excluding carboxylic acids is 1. The Bertz CT molecular complexity index is 291. The van der Waals surface area contributed by atoms with Gasteiger partial charge in [-0.1, -0.05) is 0 Å². The summed E-state index contributed by atoms with van der Waals surface area (Å²) < 4.78 is 0. The first-order chi connectivity index (χ1) is 6.63. The van der Waals surface area contributed by atoms with Crippen molar-refractivity contribution in [3.05, 3.63) is 0 Å². The topological polar surface area (TPSA) is 68.2 Å². The molecule has 78 valence electrons. The van der Waals surface area contributed by atoms with Crippen LogP contribution in [0, 0.1) is 0 Å². The van der Waals surface area contributed by atoms with Crippen molar-refractivity contribution in [1.29, 1.82) is 0 Å². The number of carbonyl (C=O) groups is 1. The monoisotopic (exact) mass is 198 g/mol. The summed E-state index contributed by atoms with van der Waals surface area (Å²) in [7, 11) is 1.68. The van der Waals surface area contributed by atoms with E-state index in [9.17, 15) is 9.90 Å². The molecule has 6 heteroatoms. The SMILES string of the molecule is CC1C(O)N(C2=NNCC2)C(=O)N1C. The molecule has 0 aliphatic carbocycles. The lowest BCUT2D eigenvalue weighted by Crippen LogP contribution is -2.39. The molecule has 0 aromatic rings. The Labute approximate surface area is 82.2 Å². The standard InChI is InChI=1S/C8H14N4O2/c1-5-7(13)12(8(14)11(5)2)6-3-4-9-10-6/h5,7,9,13H,3-4H2,1-2H3. The second-order valence-electron chi connectivity index (χ2n) is 3.60. The number of hydrazone groups is 1. The molecule has 1 saturated heterocycles. The molecule has 2 N–H and O–H groups in total. The lowest BCUT2D eigenvalue weighted by atomic mass is 10.3. The molecule has 6 nitrogen and oxygen atoms in total. The normalized spacial score (nSPS) is 32.2. The average molecular weight is 198 g/mol. The molecule has 0 aromatic carbocycles. The van der Waals surface area contributed by atoms with Gasteiger partial charge in [0, 0.05) is 20.0 Å². The third kappa shape index (κ3) is 1.14. The highest BCUT2D eigenvalue weighted by Crippen LogP contribution is 2.21. The number of urea groups is 1. The van der Waals surface area contributed by atoms with Crippen molar-refractivity contribution in [2.45, 2.75) is 25.6 Å². The minimum atomic E-state index is -0.786. The summed E-state index contributed by atoms with van der Waals surface area (Å²) in [6.45, 7) is 2.54. The highest BCUT2D eigenvalue weighted by molar-refractivity contribution is 5.99. The Hall–Kier alpha value is -1.30. The van der Waals surface area contributed by atoms with Crippen molar-refractivity contribution >= 4 is 11.9 Å². The van der Waals surface area contributed by atoms with Crippen LogP contribution in [-0.4, -0.2) is 52.6 Å². The molecular weight excluding hydrogens is 184 g/mol. The fourth-order valence-corrected chi connectivity index (χ4v) is 1.68. The van der Waals surface area contributed by atoms with Gasteiger partial charge in [-0.2, -0.15) is 5.10 Å². The first-order valence-electron chi connectivity index (χ1n) is 4.66. The molecule has 0 saturated carbocycles. The number of amides is 2. The lowest BCUT2D eigenvalue weighted by Gasteiger charge is -2.18. The number of aliphatic hydroxyl groups is 1. The summed E-state index contributed by atoms with van der Waals surface area (Å²) >= 11 is 0. The summed E-state index contributed by atoms with van der Waals surface area (Å²) in [6, 6.07) is -0.377. The van der Waals surface area contributed by atoms with E-state index < -0.39 is 6.23 Å². The number of hydrogen-bond acceptors (Lipinski definition) is 4. The largest absolute Gasteiger partial charge is 0.371 e. The highest BCUT2D eigenvalue weighted by Gasteiger charge is 2.43. The molecule has 2 rings (SSSR count). The highest BCUT2D eigenvalue weighted by atomic mass is 16.3. The molecule has 2 aliphatic heterocycles. The minimum absolute atomic E-state index is 0.188. The van der Waals surface area contributed by atoms with Gasteiger partial charge in [-0.05, 0) is 6.92 Å². The number of nitrogens with zero attached hydrogens (tertiary/aromatic N) is 3. The first kappa shape index (κ1) is 9.26. The van der Waals surface area contributed by atoms with Crippen LogP contribution in [0.25, 0.3) is 0 Å². The summed E-state index contributed by atoms with van der Waals surface area (Å²) in [5, 5.41) is 13.8. The molecule has 14 heavy (non-hydrogen) atoms. The Morgan fingerprint density at radius 1 is 1.64 bits per heavy atom. The number of aliphatic hydroxyl groups excluding tert-OH is 1. The zero-order valence-electron chi connectivity index (χ0n) is 8.27. The Balaban J connectivity index is 2.23. The number of rotatable bonds is 0. The van der Waals surface area contributed by atoms with Crippen molar-refractivity contribution in [1.82, 2.24) is 15.2 Å². The van der Waals surface area contributed by atoms with Crippen molar-refractivity contribution in [2.24, 2.45) is 5.10 Å². The zero-order chi connectivity index (χ0) is 10.3. The van der Waals surface area contributed by atoms with Gasteiger partial charge in [-0.15, -0.1) is 0 Å². The molecule has 1 fully saturated rings. The molecule has 2 unspecified atom stereocenters. The van der Waals surface area contributed by atoms with E-state index in [1.807, 2.05) is 6.92 Å². The molecule has 2 aliphatic rings. The van der Waals surface area contributed by atoms with Crippen molar-refractivity contribution < 1.29 is 9.90 Å². The molecule has 2 heterocycles. The Morgan fingerprint density at radius 2 is 2.36 bits per heavy atom. The van der Waals surface area contributed by atoms with E-state index in [2.05, 4.69) is 10.5 Å². The van der Waals surface area contributed by atoms with Crippen molar-refractivity contribution in [3.63, 3.8) is 0 Å². The van der Waals surface area contributed by atoms with Crippen LogP contribution < -0.4 is 5.43 Å². The quantitative estimate of drug-likeness (QED) is 0.544. The Kier molecular flexibility index (Phi) is 2.07. The van der Waals surface area contributed by atoms with E-state index in [4.69, 9.17) is 0 Å². The van der Waals surface area contributed by atoms with Crippen LogP contribution >= 0.6 is 0 Å². The van der Waals surface area contributed by atoms with Gasteiger partial charge in [0.15, 0.2) is 6.23 Å². The van der Waals surface area contributed by atoms with E-state index in [1.54, 1.807) is 7.05 Å². The summed E-state index contributed by atoms with van der Waals surface area (Å²) in [4.78, 5) is 14.6. The van der Waals surface area contributed by atoms with Gasteiger partial charge < -0.3 is 15.4 Å². The average Bonchev–Trinajstić information content (AvgIpc) is 2.73. The smallest absolute Gasteiger partial charge is 0.327 e. The van der Waals surface area contributed by atoms with E-state index in [1.165, 1.54) is 9.80 Å². The van der Waals surface area contributed by atoms with Crippen LogP contribution in [0.5, 0.6) is 0 Å². The van der Waals surface area contributed by atoms with Gasteiger partial charge in [0.05, 0.1) is 6.04 Å². The van der Waals surface area contributed by atoms with E-state index in [-0.39, 0.29) is 12.1 Å². The summed E-state index contributed by atoms with van der Waals surface area (Å²) in [5.41, 5.74) is 2.78. The fraction of sp³-hybridized carbons (Fsp3) is 0.750. The third-order valence-corrected chi connectivity index (χ3v) is 2.76. The van der Waals surface area contributed by atoms with Gasteiger partial charge in [0.2, 0.25) is 0 Å². The van der Waals surface area contributed by atoms with Crippen molar-refractivity contribution in [2.75, 3.05) is 13.6 Å². The van der Waals surface area contributed by atoms with Crippen LogP contribution in [0.1, 0.15) is 13.3 Å². The van der Waals surface area contributed by atoms with Crippen LogP contribution in [0.2, 0.25) is 0 Å². The van der Waals surface area contributed by atoms with E-state index in [0.29, 0.717) is 12.3 Å². The molecule has 2 atom stereocenters. The summed E-state index contributed by atoms with van der Waals surface area (Å²) in [5.74, 6) is 0.624. The van der Waals surface area contributed by atoms with Gasteiger partial charge in [0.1, 0.15) is 5.84 Å². The van der Waals surface area contributed by atoms with E-state index in [0.717, 1.165) is 6.54 Å². The number of hydrogen-bond donors (Lipinski definition) is 2. The van der Waals surface area contributed by atoms with Gasteiger partial charge >= 0.3 is 6.03 Å². The predicted molar refractivity (Wildman–Crippen MR) is 50.5 cm³/mol. The van der Waals surface area contributed by atoms with Crippen LogP contribution in [-0.2, 0) is 0 Å². The minimum Gasteiger partial charge on any atom is -0.371 e. The maximum Gasteiger partial charge on any atom is 0.327 e. The fourth-order valence-electron chi connectivity index (χ4n) is 1.68. The lowest BCUT2D eigenvalue weighted by molar-refractivity contribution is 0.0734. The Morgan fingerprint density at radius 3 is 2.79 bits per heavy atom. The molecule has 2 amide bonds. The predicted octanol–water partition coefficient (Wildman–Crippen LogP) is -0.632. The third-order valence-electron chi connectivity index (χ3n) is 2.76. The van der Waals surface area contributed by atoms with E-state index >= 15 is 0 Å². The molecule has 0 radical (unpaired) electrons. The second-order valence-corrected chi connectivity index (χ2v) is 3.60. The van der Waals surface area contributed by atoms with Gasteiger partial charge in [-0.25, -0.2) is 4.79 Å². The van der Waals surface area contributed by atoms with Gasteiger partial charge in [0.25, 0.3) is 0 Å². The van der Waals surface area contributed by atoms with Crippen molar-refractivity contribution in [3.8, 4) is 0 Å². The molecule has 0 spiro atoms. The number of amidine groups is 1. The second kappa shape index (κ2) is 3.13. The number of nitrogens with one attached hydrogen (secondary N) is 1. The van der Waals surface area contributed by atoms with Gasteiger partial charge in [-0.3, -0.25) is 4.90 Å². The van der Waals surface area contributed by atoms with Crippen LogP contribution in [0.4, 0.5) is 4.79 Å². The zero-order valence-corrected chi connectivity index (χ0v) is 8.27. The maximum absolute atomic E-state index is 11.7. The first-order valence-corrected chi connectivity index (χ1v) is 4.66. The molecule has 0 aromatic heterocycles. The molecular formula is C8H14N4O2. The van der Waals surface area contributed by atoms with Crippen LogP contribution in [0.3, 0.4) is 0 Å². The molecule has 0 bridgehead atoms. The van der Waals surface area contributed by atoms with Crippen LogP contribution in [0.15, 0.2) is 5.10 Å². The summed E-state index contributed by atoms with van der Waals surface area (Å²) in [6.07, 6.45) is -0.102. The maximum atomic E-state index is 11.7. The number of likely N-dealkylation sites (N-methyl/N-ethyl adjacent to an activating group) is 1.